The molecule has 1 N–H and O–H groups in total. The maximum atomic E-state index is 13.5. The topological polar surface area (TPSA) is 59.4 Å². The molecule has 1 amide bonds. The molecule has 0 spiro atoms. The summed E-state index contributed by atoms with van der Waals surface area (Å²) in [6.07, 6.45) is 3.40. The molecule has 0 saturated carbocycles. The standard InChI is InChI=1S/C28H33FN4O2/c1-20-4-6-23(7-5-20)19-33-22(3)26(21(2)31-33)12-13-28(34)30-18-27(32-14-16-35-17-15-32)24-8-10-25(29)11-9-24/h4-13,27H,14-19H2,1-3H3,(H,30,34)/b13-12+. The summed E-state index contributed by atoms with van der Waals surface area (Å²) in [5.41, 5.74) is 6.24. The molecule has 3 aromatic rings. The highest BCUT2D eigenvalue weighted by molar-refractivity contribution is 5.92. The van der Waals surface area contributed by atoms with Crippen molar-refractivity contribution < 1.29 is 13.9 Å². The number of benzene rings is 2. The minimum absolute atomic E-state index is 0.0439. The summed E-state index contributed by atoms with van der Waals surface area (Å²) < 4.78 is 20.9. The molecule has 1 unspecified atom stereocenters. The first-order valence-corrected chi connectivity index (χ1v) is 12.0. The van der Waals surface area contributed by atoms with E-state index >= 15 is 0 Å². The molecule has 4 rings (SSSR count). The van der Waals surface area contributed by atoms with Crippen molar-refractivity contribution in [2.75, 3.05) is 32.8 Å². The van der Waals surface area contributed by atoms with Crippen LogP contribution in [0, 0.1) is 26.6 Å². The lowest BCUT2D eigenvalue weighted by molar-refractivity contribution is -0.116. The SMILES string of the molecule is Cc1ccc(Cn2nc(C)c(/C=C/C(=O)NCC(c3ccc(F)cc3)N3CCOCC3)c2C)cc1. The van der Waals surface area contributed by atoms with Gasteiger partial charge in [0.2, 0.25) is 5.91 Å². The van der Waals surface area contributed by atoms with Crippen molar-refractivity contribution in [1.82, 2.24) is 20.0 Å². The molecular formula is C28H33FN4O2. The van der Waals surface area contributed by atoms with Gasteiger partial charge < -0.3 is 10.1 Å². The maximum absolute atomic E-state index is 13.5. The van der Waals surface area contributed by atoms with Gasteiger partial charge in [-0.3, -0.25) is 14.4 Å². The van der Waals surface area contributed by atoms with Crippen molar-refractivity contribution in [3.05, 3.63) is 94.1 Å². The van der Waals surface area contributed by atoms with E-state index in [0.29, 0.717) is 26.3 Å². The zero-order valence-corrected chi connectivity index (χ0v) is 20.6. The molecule has 1 aromatic heterocycles. The first kappa shape index (κ1) is 24.8. The Morgan fingerprint density at radius 2 is 1.77 bits per heavy atom. The number of carbonyl (C=O) groups excluding carboxylic acids is 1. The number of hydrogen-bond donors (Lipinski definition) is 1. The van der Waals surface area contributed by atoms with Crippen LogP contribution in [0.25, 0.3) is 6.08 Å². The van der Waals surface area contributed by atoms with E-state index in [1.165, 1.54) is 23.3 Å². The monoisotopic (exact) mass is 476 g/mol. The van der Waals surface area contributed by atoms with Gasteiger partial charge in [-0.15, -0.1) is 0 Å². The third kappa shape index (κ3) is 6.44. The minimum Gasteiger partial charge on any atom is -0.379 e. The molecule has 7 heteroatoms. The Kier molecular flexibility index (Phi) is 8.10. The third-order valence-electron chi connectivity index (χ3n) is 6.50. The van der Waals surface area contributed by atoms with Crippen molar-refractivity contribution >= 4 is 12.0 Å². The third-order valence-corrected chi connectivity index (χ3v) is 6.50. The summed E-state index contributed by atoms with van der Waals surface area (Å²) in [4.78, 5) is 15.0. The Labute approximate surface area is 206 Å². The smallest absolute Gasteiger partial charge is 0.244 e. The van der Waals surface area contributed by atoms with E-state index in [-0.39, 0.29) is 17.8 Å². The summed E-state index contributed by atoms with van der Waals surface area (Å²) in [6.45, 7) is 10.0. The van der Waals surface area contributed by atoms with Crippen LogP contribution in [0.15, 0.2) is 54.6 Å². The van der Waals surface area contributed by atoms with Crippen LogP contribution in [0.2, 0.25) is 0 Å². The Bertz CT molecular complexity index is 1160. The predicted octanol–water partition coefficient (Wildman–Crippen LogP) is 4.20. The van der Waals surface area contributed by atoms with E-state index in [9.17, 15) is 9.18 Å². The number of carbonyl (C=O) groups is 1. The Hall–Kier alpha value is -3.29. The highest BCUT2D eigenvalue weighted by Crippen LogP contribution is 2.22. The van der Waals surface area contributed by atoms with E-state index in [1.807, 2.05) is 24.6 Å². The second kappa shape index (κ2) is 11.4. The van der Waals surface area contributed by atoms with Crippen molar-refractivity contribution in [2.45, 2.75) is 33.4 Å². The largest absolute Gasteiger partial charge is 0.379 e. The number of aryl methyl sites for hydroxylation is 2. The van der Waals surface area contributed by atoms with Gasteiger partial charge >= 0.3 is 0 Å². The fourth-order valence-electron chi connectivity index (χ4n) is 4.42. The molecule has 1 fully saturated rings. The number of rotatable bonds is 8. The molecule has 0 bridgehead atoms. The highest BCUT2D eigenvalue weighted by Gasteiger charge is 2.23. The van der Waals surface area contributed by atoms with E-state index in [4.69, 9.17) is 4.74 Å². The maximum Gasteiger partial charge on any atom is 0.244 e. The van der Waals surface area contributed by atoms with E-state index < -0.39 is 0 Å². The number of aromatic nitrogens is 2. The average Bonchev–Trinajstić information content (AvgIpc) is 3.13. The Balaban J connectivity index is 1.41. The highest BCUT2D eigenvalue weighted by atomic mass is 19.1. The zero-order valence-electron chi connectivity index (χ0n) is 20.6. The Morgan fingerprint density at radius 3 is 2.46 bits per heavy atom. The summed E-state index contributed by atoms with van der Waals surface area (Å²) in [6, 6.07) is 14.9. The van der Waals surface area contributed by atoms with Gasteiger partial charge in [-0.05, 0) is 50.1 Å². The van der Waals surface area contributed by atoms with Gasteiger partial charge in [-0.25, -0.2) is 4.39 Å². The fraction of sp³-hybridized carbons (Fsp3) is 0.357. The average molecular weight is 477 g/mol. The molecule has 35 heavy (non-hydrogen) atoms. The van der Waals surface area contributed by atoms with Gasteiger partial charge in [-0.1, -0.05) is 42.0 Å². The Morgan fingerprint density at radius 1 is 1.09 bits per heavy atom. The first-order valence-electron chi connectivity index (χ1n) is 12.0. The van der Waals surface area contributed by atoms with E-state index in [1.54, 1.807) is 18.2 Å². The van der Waals surface area contributed by atoms with Gasteiger partial charge in [0.1, 0.15) is 5.82 Å². The van der Waals surface area contributed by atoms with E-state index in [0.717, 1.165) is 35.6 Å². The second-order valence-corrected chi connectivity index (χ2v) is 9.02. The second-order valence-electron chi connectivity index (χ2n) is 9.02. The fourth-order valence-corrected chi connectivity index (χ4v) is 4.42. The van der Waals surface area contributed by atoms with Gasteiger partial charge in [-0.2, -0.15) is 5.10 Å². The van der Waals surface area contributed by atoms with Crippen LogP contribution in [0.4, 0.5) is 4.39 Å². The number of ether oxygens (including phenoxy) is 1. The van der Waals surface area contributed by atoms with Crippen molar-refractivity contribution in [2.24, 2.45) is 0 Å². The molecule has 1 aliphatic heterocycles. The van der Waals surface area contributed by atoms with Gasteiger partial charge in [0, 0.05) is 37.0 Å². The lowest BCUT2D eigenvalue weighted by Crippen LogP contribution is -2.43. The predicted molar refractivity (Wildman–Crippen MR) is 136 cm³/mol. The first-order chi connectivity index (χ1) is 16.9. The number of halogens is 1. The molecule has 2 aromatic carbocycles. The van der Waals surface area contributed by atoms with Crippen molar-refractivity contribution in [3.63, 3.8) is 0 Å². The molecule has 0 aliphatic carbocycles. The summed E-state index contributed by atoms with van der Waals surface area (Å²) in [5, 5.41) is 7.70. The molecule has 1 aliphatic rings. The summed E-state index contributed by atoms with van der Waals surface area (Å²) >= 11 is 0. The van der Waals surface area contributed by atoms with Gasteiger partial charge in [0.25, 0.3) is 0 Å². The lowest BCUT2D eigenvalue weighted by Gasteiger charge is -2.34. The van der Waals surface area contributed by atoms with Crippen LogP contribution in [0.3, 0.4) is 0 Å². The molecule has 0 radical (unpaired) electrons. The van der Waals surface area contributed by atoms with Crippen LogP contribution < -0.4 is 5.32 Å². The molecule has 184 valence electrons. The van der Waals surface area contributed by atoms with Gasteiger partial charge in [0.05, 0.1) is 31.5 Å². The minimum atomic E-state index is -0.268. The zero-order chi connectivity index (χ0) is 24.8. The number of nitrogens with one attached hydrogen (secondary N) is 1. The number of morpholine rings is 1. The normalized spacial score (nSPS) is 15.4. The molecule has 6 nitrogen and oxygen atoms in total. The lowest BCUT2D eigenvalue weighted by atomic mass is 10.0. The van der Waals surface area contributed by atoms with E-state index in [2.05, 4.69) is 46.5 Å². The molecular weight excluding hydrogens is 443 g/mol. The van der Waals surface area contributed by atoms with Crippen LogP contribution in [-0.2, 0) is 16.1 Å². The number of nitrogens with zero attached hydrogens (tertiary/aromatic N) is 3. The number of amides is 1. The van der Waals surface area contributed by atoms with Crippen molar-refractivity contribution in [1.29, 1.82) is 0 Å². The summed E-state index contributed by atoms with van der Waals surface area (Å²) in [5.74, 6) is -0.439. The van der Waals surface area contributed by atoms with Crippen molar-refractivity contribution in [3.8, 4) is 0 Å². The van der Waals surface area contributed by atoms with Crippen LogP contribution >= 0.6 is 0 Å². The molecule has 2 heterocycles. The summed E-state index contributed by atoms with van der Waals surface area (Å²) in [7, 11) is 0. The van der Waals surface area contributed by atoms with Gasteiger partial charge in [0.15, 0.2) is 0 Å². The molecule has 1 saturated heterocycles. The molecule has 1 atom stereocenters. The van der Waals surface area contributed by atoms with Crippen LogP contribution in [-0.4, -0.2) is 53.4 Å². The van der Waals surface area contributed by atoms with Crippen LogP contribution in [0.5, 0.6) is 0 Å². The number of hydrogen-bond acceptors (Lipinski definition) is 4. The quantitative estimate of drug-likeness (QED) is 0.495. The van der Waals surface area contributed by atoms with Crippen LogP contribution in [0.1, 0.15) is 39.7 Å².